The fraction of sp³-hybridized carbons (Fsp3) is 0.565. The molecule has 2 aliphatic carbocycles. The minimum absolute atomic E-state index is 0.124. The van der Waals surface area contributed by atoms with E-state index in [1.165, 1.54) is 23.5 Å². The van der Waals surface area contributed by atoms with Gasteiger partial charge in [0.15, 0.2) is 0 Å². The number of hydrogen-bond acceptors (Lipinski definition) is 5. The Labute approximate surface area is 203 Å². The molecule has 0 bridgehead atoms. The molecule has 9 nitrogen and oxygen atoms in total. The number of fused-ring (bicyclic) bond motifs is 2. The summed E-state index contributed by atoms with van der Waals surface area (Å²) in [7, 11) is -4.36. The van der Waals surface area contributed by atoms with Crippen LogP contribution in [0.1, 0.15) is 47.9 Å². The first kappa shape index (κ1) is 24.0. The lowest BCUT2D eigenvalue weighted by molar-refractivity contribution is 0.0875. The largest absolute Gasteiger partial charge is 0.381 e. The summed E-state index contributed by atoms with van der Waals surface area (Å²) in [5.41, 5.74) is 5.49. The molecule has 1 aromatic heterocycles. The zero-order valence-electron chi connectivity index (χ0n) is 19.3. The number of amides is 2. The summed E-state index contributed by atoms with van der Waals surface area (Å²) in [6, 6.07) is 0.897. The van der Waals surface area contributed by atoms with E-state index in [1.807, 2.05) is 0 Å². The van der Waals surface area contributed by atoms with Gasteiger partial charge in [0.1, 0.15) is 6.54 Å². The van der Waals surface area contributed by atoms with E-state index in [0.717, 1.165) is 64.3 Å². The van der Waals surface area contributed by atoms with Gasteiger partial charge in [-0.2, -0.15) is 13.5 Å². The average Bonchev–Trinajstić information content (AvgIpc) is 3.55. The summed E-state index contributed by atoms with van der Waals surface area (Å²) in [4.78, 5) is 13.0. The van der Waals surface area contributed by atoms with Crippen molar-refractivity contribution in [3.63, 3.8) is 0 Å². The molecule has 0 spiro atoms. The topological polar surface area (TPSA) is 106 Å². The van der Waals surface area contributed by atoms with E-state index >= 15 is 0 Å². The highest BCUT2D eigenvalue weighted by Crippen LogP contribution is 2.38. The molecule has 0 atom stereocenters. The van der Waals surface area contributed by atoms with Crippen LogP contribution >= 0.6 is 0 Å². The number of hydrogen-bond donors (Lipinski definition) is 2. The number of rotatable bonds is 7. The van der Waals surface area contributed by atoms with E-state index in [-0.39, 0.29) is 5.69 Å². The second kappa shape index (κ2) is 9.73. The third kappa shape index (κ3) is 4.99. The Bertz CT molecular complexity index is 1180. The number of anilines is 2. The maximum atomic E-state index is 13.5. The Morgan fingerprint density at radius 2 is 1.80 bits per heavy atom. The normalized spacial score (nSPS) is 17.9. The number of aryl methyl sites for hydroxylation is 2. The van der Waals surface area contributed by atoms with Gasteiger partial charge in [-0.15, -0.1) is 0 Å². The van der Waals surface area contributed by atoms with Gasteiger partial charge in [0.2, 0.25) is 0 Å². The van der Waals surface area contributed by atoms with Crippen molar-refractivity contribution in [3.8, 4) is 0 Å². The molecule has 1 saturated heterocycles. The lowest BCUT2D eigenvalue weighted by atomic mass is 9.99. The Morgan fingerprint density at radius 3 is 2.43 bits per heavy atom. The highest BCUT2D eigenvalue weighted by atomic mass is 32.2. The number of urea groups is 1. The van der Waals surface area contributed by atoms with E-state index in [9.17, 15) is 22.0 Å². The Hall–Kier alpha value is -2.73. The van der Waals surface area contributed by atoms with Gasteiger partial charge in [-0.3, -0.25) is 4.68 Å². The molecule has 190 valence electrons. The van der Waals surface area contributed by atoms with Crippen molar-refractivity contribution >= 4 is 27.6 Å². The standard InChI is InChI=1S/C23H29F2N5O4S/c24-21(25)14-29-13-18(12-26-29)30(17-7-9-34-10-8-17)35(32,33)28-23(31)27-22-19-5-1-3-15(19)11-16-4-2-6-20(16)22/h11-13,17,21H,1-10,14H2,(H2,27,28,31). The molecular weight excluding hydrogens is 480 g/mol. The lowest BCUT2D eigenvalue weighted by Crippen LogP contribution is -2.51. The van der Waals surface area contributed by atoms with Crippen LogP contribution in [0.3, 0.4) is 0 Å². The van der Waals surface area contributed by atoms with Crippen LogP contribution < -0.4 is 14.3 Å². The van der Waals surface area contributed by atoms with Crippen LogP contribution in [0.5, 0.6) is 0 Å². The third-order valence-corrected chi connectivity index (χ3v) is 8.38. The number of benzene rings is 1. The first-order chi connectivity index (χ1) is 16.8. The van der Waals surface area contributed by atoms with Gasteiger partial charge in [-0.1, -0.05) is 6.07 Å². The van der Waals surface area contributed by atoms with E-state index in [4.69, 9.17) is 4.74 Å². The van der Waals surface area contributed by atoms with Gasteiger partial charge < -0.3 is 10.1 Å². The molecule has 2 aromatic rings. The number of nitrogens with zero attached hydrogens (tertiary/aromatic N) is 3. The maximum Gasteiger partial charge on any atom is 0.334 e. The van der Waals surface area contributed by atoms with Gasteiger partial charge in [-0.05, 0) is 73.6 Å². The number of nitrogens with one attached hydrogen (secondary N) is 2. The maximum absolute atomic E-state index is 13.5. The van der Waals surface area contributed by atoms with Crippen molar-refractivity contribution in [1.29, 1.82) is 0 Å². The molecule has 0 saturated carbocycles. The molecule has 1 aliphatic heterocycles. The van der Waals surface area contributed by atoms with Crippen molar-refractivity contribution in [2.45, 2.75) is 70.4 Å². The molecule has 2 N–H and O–H groups in total. The van der Waals surface area contributed by atoms with Crippen LogP contribution in [0.25, 0.3) is 0 Å². The van der Waals surface area contributed by atoms with E-state index in [0.29, 0.717) is 26.1 Å². The monoisotopic (exact) mass is 509 g/mol. The summed E-state index contributed by atoms with van der Waals surface area (Å²) in [5.74, 6) is 0. The molecule has 2 heterocycles. The van der Waals surface area contributed by atoms with Crippen molar-refractivity contribution in [2.24, 2.45) is 0 Å². The van der Waals surface area contributed by atoms with Crippen molar-refractivity contribution < 1.29 is 26.7 Å². The Balaban J connectivity index is 1.40. The number of ether oxygens (including phenoxy) is 1. The molecule has 0 radical (unpaired) electrons. The van der Waals surface area contributed by atoms with Gasteiger partial charge >= 0.3 is 16.2 Å². The fourth-order valence-electron chi connectivity index (χ4n) is 5.45. The summed E-state index contributed by atoms with van der Waals surface area (Å²) in [5, 5.41) is 6.72. The van der Waals surface area contributed by atoms with Crippen LogP contribution in [-0.4, -0.2) is 49.9 Å². The number of aromatic nitrogens is 2. The number of carbonyl (C=O) groups is 1. The van der Waals surface area contributed by atoms with Crippen molar-refractivity contribution in [2.75, 3.05) is 22.8 Å². The van der Waals surface area contributed by atoms with Crippen molar-refractivity contribution in [3.05, 3.63) is 40.7 Å². The average molecular weight is 510 g/mol. The van der Waals surface area contributed by atoms with Crippen LogP contribution in [-0.2, 0) is 47.2 Å². The number of carbonyl (C=O) groups excluding carboxylic acids is 1. The minimum Gasteiger partial charge on any atom is -0.381 e. The second-order valence-corrected chi connectivity index (χ2v) is 10.8. The molecule has 3 aliphatic rings. The van der Waals surface area contributed by atoms with Gasteiger partial charge in [-0.25, -0.2) is 22.6 Å². The molecule has 5 rings (SSSR count). The van der Waals surface area contributed by atoms with Crippen LogP contribution in [0.4, 0.5) is 25.0 Å². The summed E-state index contributed by atoms with van der Waals surface area (Å²) < 4.78 is 62.1. The smallest absolute Gasteiger partial charge is 0.334 e. The van der Waals surface area contributed by atoms with E-state index < -0.39 is 35.3 Å². The van der Waals surface area contributed by atoms with Crippen LogP contribution in [0.2, 0.25) is 0 Å². The Kier molecular flexibility index (Phi) is 6.67. The first-order valence-corrected chi connectivity index (χ1v) is 13.4. The fourth-order valence-corrected chi connectivity index (χ4v) is 6.80. The zero-order chi connectivity index (χ0) is 24.6. The highest BCUT2D eigenvalue weighted by Gasteiger charge is 2.35. The van der Waals surface area contributed by atoms with E-state index in [1.54, 1.807) is 0 Å². The number of halogens is 2. The zero-order valence-corrected chi connectivity index (χ0v) is 20.1. The molecule has 1 fully saturated rings. The number of alkyl halides is 2. The summed E-state index contributed by atoms with van der Waals surface area (Å²) in [6.07, 6.45) is 6.29. The summed E-state index contributed by atoms with van der Waals surface area (Å²) >= 11 is 0. The predicted molar refractivity (Wildman–Crippen MR) is 126 cm³/mol. The summed E-state index contributed by atoms with van der Waals surface area (Å²) in [6.45, 7) is 0.0620. The molecule has 12 heteroatoms. The molecule has 35 heavy (non-hydrogen) atoms. The van der Waals surface area contributed by atoms with Gasteiger partial charge in [0.25, 0.3) is 6.43 Å². The third-order valence-electron chi connectivity index (χ3n) is 6.91. The van der Waals surface area contributed by atoms with Crippen LogP contribution in [0, 0.1) is 0 Å². The van der Waals surface area contributed by atoms with Crippen molar-refractivity contribution in [1.82, 2.24) is 14.5 Å². The van der Waals surface area contributed by atoms with Gasteiger partial charge in [0, 0.05) is 25.1 Å². The lowest BCUT2D eigenvalue weighted by Gasteiger charge is -2.33. The SMILES string of the molecule is O=C(Nc1c2c(cc3c1CCC3)CCC2)NS(=O)(=O)N(c1cnn(CC(F)F)c1)C1CCOCC1. The van der Waals surface area contributed by atoms with E-state index in [2.05, 4.69) is 21.2 Å². The molecule has 1 aromatic carbocycles. The quantitative estimate of drug-likeness (QED) is 0.597. The Morgan fingerprint density at radius 1 is 1.14 bits per heavy atom. The molecule has 0 unspecified atom stereocenters. The predicted octanol–water partition coefficient (Wildman–Crippen LogP) is 3.18. The first-order valence-electron chi connectivity index (χ1n) is 12.0. The minimum atomic E-state index is -4.36. The highest BCUT2D eigenvalue weighted by molar-refractivity contribution is 7.91. The molecule has 2 amide bonds. The van der Waals surface area contributed by atoms with Gasteiger partial charge in [0.05, 0.1) is 17.9 Å². The van der Waals surface area contributed by atoms with Crippen LogP contribution in [0.15, 0.2) is 18.5 Å². The second-order valence-electron chi connectivity index (χ2n) is 9.25. The molecular formula is C23H29F2N5O4S.